The van der Waals surface area contributed by atoms with Gasteiger partial charge in [-0.1, -0.05) is 68.0 Å². The van der Waals surface area contributed by atoms with Crippen LogP contribution in [0.25, 0.3) is 17.0 Å². The van der Waals surface area contributed by atoms with E-state index in [1.54, 1.807) is 0 Å². The van der Waals surface area contributed by atoms with Crippen LogP contribution in [0.2, 0.25) is 0 Å². The van der Waals surface area contributed by atoms with Gasteiger partial charge in [-0.15, -0.1) is 0 Å². The number of rotatable bonds is 9. The molecule has 0 aliphatic rings. The molecule has 0 radical (unpaired) electrons. The molecule has 0 aliphatic heterocycles. The van der Waals surface area contributed by atoms with Gasteiger partial charge in [-0.05, 0) is 55.4 Å². The first-order chi connectivity index (χ1) is 16.1. The van der Waals surface area contributed by atoms with Gasteiger partial charge in [0.2, 0.25) is 5.78 Å². The normalized spacial score (nSPS) is 11.6. The van der Waals surface area contributed by atoms with Crippen LogP contribution in [0.1, 0.15) is 46.6 Å². The third-order valence-electron chi connectivity index (χ3n) is 6.10. The van der Waals surface area contributed by atoms with Crippen molar-refractivity contribution in [3.8, 4) is 0 Å². The molecule has 2 aromatic heterocycles. The molecule has 4 rings (SSSR count). The molecule has 0 saturated carbocycles. The molecule has 0 aliphatic carbocycles. The van der Waals surface area contributed by atoms with Crippen LogP contribution >= 0.6 is 0 Å². The quantitative estimate of drug-likeness (QED) is 0.302. The standard InChI is InChI=1S/C29H31N3O/c1-4-31(5-2)17-7-10-24-9-6-11-27-26(24)19-23(20-30-27)21-32-18-8-12-28(32)29(33)25-15-13-22(3)14-16-25/h6-16,18-20H,4-5,17,21H2,1-3H3/b10-7+. The fourth-order valence-electron chi connectivity index (χ4n) is 4.07. The van der Waals surface area contributed by atoms with E-state index in [1.807, 2.05) is 66.3 Å². The van der Waals surface area contributed by atoms with E-state index < -0.39 is 0 Å². The SMILES string of the molecule is CCN(CC)C/C=C/c1cccc2ncc(Cn3cccc3C(=O)c3ccc(C)cc3)cc12. The first-order valence-corrected chi connectivity index (χ1v) is 11.6. The second-order valence-electron chi connectivity index (χ2n) is 8.36. The van der Waals surface area contributed by atoms with Gasteiger partial charge in [0.15, 0.2) is 0 Å². The summed E-state index contributed by atoms with van der Waals surface area (Å²) in [6, 6.07) is 20.0. The van der Waals surface area contributed by atoms with Crippen molar-refractivity contribution in [2.75, 3.05) is 19.6 Å². The van der Waals surface area contributed by atoms with Crippen molar-refractivity contribution in [3.63, 3.8) is 0 Å². The van der Waals surface area contributed by atoms with Crippen molar-refractivity contribution >= 4 is 22.8 Å². The topological polar surface area (TPSA) is 38.1 Å². The Bertz CT molecular complexity index is 1260. The van der Waals surface area contributed by atoms with Gasteiger partial charge in [-0.3, -0.25) is 9.78 Å². The molecule has 4 nitrogen and oxygen atoms in total. The molecule has 0 amide bonds. The van der Waals surface area contributed by atoms with Gasteiger partial charge in [0, 0.05) is 36.4 Å². The van der Waals surface area contributed by atoms with Gasteiger partial charge in [0.05, 0.1) is 11.2 Å². The number of aryl methyl sites for hydroxylation is 1. The molecule has 4 aromatic rings. The van der Waals surface area contributed by atoms with Crippen molar-refractivity contribution in [2.45, 2.75) is 27.3 Å². The molecule has 33 heavy (non-hydrogen) atoms. The van der Waals surface area contributed by atoms with Crippen molar-refractivity contribution < 1.29 is 4.79 Å². The van der Waals surface area contributed by atoms with Crippen LogP contribution in [0, 0.1) is 6.92 Å². The Kier molecular flexibility index (Phi) is 7.16. The smallest absolute Gasteiger partial charge is 0.209 e. The molecule has 168 valence electrons. The zero-order valence-electron chi connectivity index (χ0n) is 19.7. The lowest BCUT2D eigenvalue weighted by molar-refractivity contribution is 0.103. The predicted octanol–water partition coefficient (Wildman–Crippen LogP) is 5.98. The number of nitrogens with zero attached hydrogens (tertiary/aromatic N) is 3. The second kappa shape index (κ2) is 10.4. The van der Waals surface area contributed by atoms with Gasteiger partial charge >= 0.3 is 0 Å². The average Bonchev–Trinajstić information content (AvgIpc) is 3.30. The number of carbonyl (C=O) groups excluding carboxylic acids is 1. The number of benzene rings is 2. The zero-order valence-corrected chi connectivity index (χ0v) is 19.7. The Balaban J connectivity index is 1.59. The van der Waals surface area contributed by atoms with E-state index in [0.717, 1.165) is 47.2 Å². The van der Waals surface area contributed by atoms with E-state index in [2.05, 4.69) is 49.1 Å². The monoisotopic (exact) mass is 437 g/mol. The largest absolute Gasteiger partial charge is 0.340 e. The highest BCUT2D eigenvalue weighted by atomic mass is 16.1. The van der Waals surface area contributed by atoms with Gasteiger partial charge in [-0.2, -0.15) is 0 Å². The number of hydrogen-bond acceptors (Lipinski definition) is 3. The van der Waals surface area contributed by atoms with Crippen molar-refractivity contribution in [1.29, 1.82) is 0 Å². The van der Waals surface area contributed by atoms with Crippen LogP contribution in [-0.2, 0) is 6.54 Å². The third-order valence-corrected chi connectivity index (χ3v) is 6.10. The predicted molar refractivity (Wildman–Crippen MR) is 137 cm³/mol. The number of fused-ring (bicyclic) bond motifs is 1. The highest BCUT2D eigenvalue weighted by molar-refractivity contribution is 6.08. The fraction of sp³-hybridized carbons (Fsp3) is 0.241. The molecule has 0 bridgehead atoms. The summed E-state index contributed by atoms with van der Waals surface area (Å²) in [5.74, 6) is 0.0359. The Hall–Kier alpha value is -3.50. The highest BCUT2D eigenvalue weighted by Crippen LogP contribution is 2.21. The Morgan fingerprint density at radius 2 is 1.82 bits per heavy atom. The molecule has 0 saturated heterocycles. The van der Waals surface area contributed by atoms with E-state index in [1.165, 1.54) is 0 Å². The lowest BCUT2D eigenvalue weighted by Crippen LogP contribution is -2.22. The summed E-state index contributed by atoms with van der Waals surface area (Å²) in [5, 5.41) is 1.13. The van der Waals surface area contributed by atoms with Crippen LogP contribution in [-0.4, -0.2) is 39.9 Å². The molecule has 0 N–H and O–H groups in total. The molecular formula is C29H31N3O. The fourth-order valence-corrected chi connectivity index (χ4v) is 4.07. The summed E-state index contributed by atoms with van der Waals surface area (Å²) < 4.78 is 2.00. The van der Waals surface area contributed by atoms with E-state index in [-0.39, 0.29) is 5.78 Å². The number of likely N-dealkylation sites (N-methyl/N-ethyl adjacent to an activating group) is 1. The van der Waals surface area contributed by atoms with Crippen LogP contribution in [0.15, 0.2) is 79.1 Å². The Morgan fingerprint density at radius 1 is 1.03 bits per heavy atom. The number of carbonyl (C=O) groups is 1. The van der Waals surface area contributed by atoms with E-state index in [4.69, 9.17) is 4.98 Å². The minimum Gasteiger partial charge on any atom is -0.340 e. The molecular weight excluding hydrogens is 406 g/mol. The molecule has 2 aromatic carbocycles. The van der Waals surface area contributed by atoms with Crippen molar-refractivity contribution in [1.82, 2.24) is 14.5 Å². The van der Waals surface area contributed by atoms with Gasteiger partial charge in [0.25, 0.3) is 0 Å². The first-order valence-electron chi connectivity index (χ1n) is 11.6. The Morgan fingerprint density at radius 3 is 2.58 bits per heavy atom. The minimum absolute atomic E-state index is 0.0359. The highest BCUT2D eigenvalue weighted by Gasteiger charge is 2.14. The van der Waals surface area contributed by atoms with E-state index >= 15 is 0 Å². The van der Waals surface area contributed by atoms with Crippen LogP contribution in [0.5, 0.6) is 0 Å². The summed E-state index contributed by atoms with van der Waals surface area (Å²) in [4.78, 5) is 20.1. The number of pyridine rings is 1. The zero-order chi connectivity index (χ0) is 23.2. The lowest BCUT2D eigenvalue weighted by Gasteiger charge is -2.15. The number of hydrogen-bond donors (Lipinski definition) is 0. The maximum atomic E-state index is 13.1. The molecule has 0 spiro atoms. The molecule has 4 heteroatoms. The molecule has 0 atom stereocenters. The Labute approximate surface area is 196 Å². The van der Waals surface area contributed by atoms with Gasteiger partial charge in [0.1, 0.15) is 0 Å². The maximum absolute atomic E-state index is 13.1. The van der Waals surface area contributed by atoms with Crippen LogP contribution < -0.4 is 0 Å². The van der Waals surface area contributed by atoms with E-state index in [0.29, 0.717) is 17.8 Å². The molecule has 0 unspecified atom stereocenters. The third kappa shape index (κ3) is 5.29. The number of ketones is 1. The summed E-state index contributed by atoms with van der Waals surface area (Å²) in [6.07, 6.45) is 8.28. The first kappa shape index (κ1) is 22.7. The molecule has 2 heterocycles. The van der Waals surface area contributed by atoms with E-state index in [9.17, 15) is 4.79 Å². The summed E-state index contributed by atoms with van der Waals surface area (Å²) in [5.41, 5.74) is 5.75. The minimum atomic E-state index is 0.0359. The van der Waals surface area contributed by atoms with Gasteiger partial charge in [-0.25, -0.2) is 0 Å². The second-order valence-corrected chi connectivity index (χ2v) is 8.36. The number of aromatic nitrogens is 2. The summed E-state index contributed by atoms with van der Waals surface area (Å²) in [6.45, 7) is 10.0. The maximum Gasteiger partial charge on any atom is 0.209 e. The summed E-state index contributed by atoms with van der Waals surface area (Å²) >= 11 is 0. The summed E-state index contributed by atoms with van der Waals surface area (Å²) in [7, 11) is 0. The van der Waals surface area contributed by atoms with Gasteiger partial charge < -0.3 is 9.47 Å². The van der Waals surface area contributed by atoms with Crippen molar-refractivity contribution in [3.05, 3.63) is 107 Å². The van der Waals surface area contributed by atoms with Crippen LogP contribution in [0.3, 0.4) is 0 Å². The molecule has 0 fully saturated rings. The van der Waals surface area contributed by atoms with Crippen LogP contribution in [0.4, 0.5) is 0 Å². The lowest BCUT2D eigenvalue weighted by atomic mass is 10.1. The average molecular weight is 438 g/mol. The van der Waals surface area contributed by atoms with Crippen molar-refractivity contribution in [2.24, 2.45) is 0 Å².